The largest absolute Gasteiger partial charge is 0.496 e. The van der Waals surface area contributed by atoms with Gasteiger partial charge in [0, 0.05) is 0 Å². The molecule has 0 amide bonds. The zero-order valence-corrected chi connectivity index (χ0v) is 9.13. The van der Waals surface area contributed by atoms with Crippen molar-refractivity contribution in [2.24, 2.45) is 5.73 Å². The van der Waals surface area contributed by atoms with Gasteiger partial charge in [0.1, 0.15) is 12.4 Å². The molecule has 0 heterocycles. The average molecular weight is 211 g/mol. The molecule has 0 aliphatic heterocycles. The van der Waals surface area contributed by atoms with E-state index >= 15 is 0 Å². The summed E-state index contributed by atoms with van der Waals surface area (Å²) < 4.78 is 18.0. The topological polar surface area (TPSA) is 35.2 Å². The lowest BCUT2D eigenvalue weighted by molar-refractivity contribution is 0.404. The quantitative estimate of drug-likeness (QED) is 0.733. The molecule has 2 N–H and O–H groups in total. The van der Waals surface area contributed by atoms with Gasteiger partial charge in [0.15, 0.2) is 0 Å². The molecule has 1 aromatic carbocycles. The van der Waals surface area contributed by atoms with Crippen LogP contribution < -0.4 is 10.5 Å². The van der Waals surface area contributed by atoms with E-state index in [-0.39, 0.29) is 0 Å². The number of halogens is 1. The van der Waals surface area contributed by atoms with E-state index in [1.807, 2.05) is 12.1 Å². The zero-order chi connectivity index (χ0) is 11.1. The Balaban J connectivity index is 2.80. The van der Waals surface area contributed by atoms with Crippen molar-refractivity contribution in [1.29, 1.82) is 0 Å². The van der Waals surface area contributed by atoms with Crippen LogP contribution in [0.25, 0.3) is 0 Å². The zero-order valence-electron chi connectivity index (χ0n) is 9.13. The van der Waals surface area contributed by atoms with Crippen LogP contribution in [0.3, 0.4) is 0 Å². The van der Waals surface area contributed by atoms with E-state index in [1.165, 1.54) is 0 Å². The van der Waals surface area contributed by atoms with Gasteiger partial charge in [-0.3, -0.25) is 0 Å². The van der Waals surface area contributed by atoms with E-state index < -0.39 is 6.67 Å². The van der Waals surface area contributed by atoms with E-state index in [2.05, 4.69) is 0 Å². The molecule has 0 aliphatic carbocycles. The van der Waals surface area contributed by atoms with Gasteiger partial charge in [-0.25, -0.2) is 4.39 Å². The van der Waals surface area contributed by atoms with Gasteiger partial charge in [0.05, 0.1) is 7.11 Å². The van der Waals surface area contributed by atoms with Gasteiger partial charge in [-0.15, -0.1) is 0 Å². The van der Waals surface area contributed by atoms with Crippen molar-refractivity contribution in [2.75, 3.05) is 13.7 Å². The van der Waals surface area contributed by atoms with Crippen LogP contribution in [-0.2, 0) is 13.1 Å². The van der Waals surface area contributed by atoms with Crippen LogP contribution in [0.4, 0.5) is 4.39 Å². The highest BCUT2D eigenvalue weighted by Gasteiger charge is 2.07. The Morgan fingerprint density at radius 1 is 1.33 bits per heavy atom. The number of unbranched alkanes of at least 4 members (excludes halogenated alkanes) is 1. The lowest BCUT2D eigenvalue weighted by Crippen LogP contribution is -2.01. The lowest BCUT2D eigenvalue weighted by atomic mass is 10.0. The summed E-state index contributed by atoms with van der Waals surface area (Å²) in [4.78, 5) is 0. The van der Waals surface area contributed by atoms with Crippen molar-refractivity contribution in [3.05, 3.63) is 29.3 Å². The summed E-state index contributed by atoms with van der Waals surface area (Å²) in [7, 11) is 1.61. The summed E-state index contributed by atoms with van der Waals surface area (Å²) in [5, 5.41) is 0. The molecule has 0 aromatic heterocycles. The second-order valence-electron chi connectivity index (χ2n) is 3.48. The first-order valence-corrected chi connectivity index (χ1v) is 5.24. The standard InChI is InChI=1S/C12H18FNO/c1-15-12-7-4-5-10(9-13)11(12)6-2-3-8-14/h4-5,7H,2-3,6,8-9,14H2,1H3. The Morgan fingerprint density at radius 3 is 2.73 bits per heavy atom. The molecule has 3 heteroatoms. The molecule has 0 atom stereocenters. The fourth-order valence-corrected chi connectivity index (χ4v) is 1.66. The molecule has 84 valence electrons. The summed E-state index contributed by atoms with van der Waals surface area (Å²) >= 11 is 0. The van der Waals surface area contributed by atoms with Crippen LogP contribution in [0.2, 0.25) is 0 Å². The number of nitrogens with two attached hydrogens (primary N) is 1. The Hall–Kier alpha value is -1.09. The van der Waals surface area contributed by atoms with Crippen molar-refractivity contribution in [3.8, 4) is 5.75 Å². The van der Waals surface area contributed by atoms with Gasteiger partial charge in [-0.2, -0.15) is 0 Å². The summed E-state index contributed by atoms with van der Waals surface area (Å²) in [5.74, 6) is 0.780. The first kappa shape index (κ1) is 12.0. The summed E-state index contributed by atoms with van der Waals surface area (Å²) in [6, 6.07) is 5.50. The van der Waals surface area contributed by atoms with Gasteiger partial charge in [-0.1, -0.05) is 12.1 Å². The van der Waals surface area contributed by atoms with Crippen molar-refractivity contribution in [3.63, 3.8) is 0 Å². The maximum absolute atomic E-state index is 12.7. The first-order chi connectivity index (χ1) is 7.33. The molecule has 0 aliphatic rings. The molecule has 1 aromatic rings. The molecule has 0 spiro atoms. The molecule has 0 unspecified atom stereocenters. The monoisotopic (exact) mass is 211 g/mol. The maximum Gasteiger partial charge on any atom is 0.122 e. The second-order valence-corrected chi connectivity index (χ2v) is 3.48. The fourth-order valence-electron chi connectivity index (χ4n) is 1.66. The van der Waals surface area contributed by atoms with Gasteiger partial charge < -0.3 is 10.5 Å². The van der Waals surface area contributed by atoms with Gasteiger partial charge in [-0.05, 0) is 43.0 Å². The summed E-state index contributed by atoms with van der Waals surface area (Å²) in [6.07, 6.45) is 2.77. The third kappa shape index (κ3) is 3.20. The smallest absolute Gasteiger partial charge is 0.122 e. The molecule has 2 nitrogen and oxygen atoms in total. The van der Waals surface area contributed by atoms with E-state index in [9.17, 15) is 4.39 Å². The highest BCUT2D eigenvalue weighted by Crippen LogP contribution is 2.24. The number of hydrogen-bond donors (Lipinski definition) is 1. The Morgan fingerprint density at radius 2 is 2.13 bits per heavy atom. The SMILES string of the molecule is COc1cccc(CF)c1CCCCN. The van der Waals surface area contributed by atoms with Crippen LogP contribution in [-0.4, -0.2) is 13.7 Å². The maximum atomic E-state index is 12.7. The van der Waals surface area contributed by atoms with Crippen molar-refractivity contribution >= 4 is 0 Å². The van der Waals surface area contributed by atoms with E-state index in [0.29, 0.717) is 6.54 Å². The Bertz CT molecular complexity index is 279. The van der Waals surface area contributed by atoms with Crippen LogP contribution in [0.5, 0.6) is 5.75 Å². The minimum Gasteiger partial charge on any atom is -0.496 e. The minimum atomic E-state index is -0.435. The van der Waals surface area contributed by atoms with Gasteiger partial charge in [0.2, 0.25) is 0 Å². The Labute approximate surface area is 90.2 Å². The molecule has 15 heavy (non-hydrogen) atoms. The van der Waals surface area contributed by atoms with Gasteiger partial charge >= 0.3 is 0 Å². The second kappa shape index (κ2) is 6.40. The molecule has 0 fully saturated rings. The van der Waals surface area contributed by atoms with Gasteiger partial charge in [0.25, 0.3) is 0 Å². The van der Waals surface area contributed by atoms with Crippen molar-refractivity contribution in [2.45, 2.75) is 25.9 Å². The van der Waals surface area contributed by atoms with E-state index in [1.54, 1.807) is 13.2 Å². The summed E-state index contributed by atoms with van der Waals surface area (Å²) in [5.41, 5.74) is 7.14. The average Bonchev–Trinajstić information content (AvgIpc) is 2.29. The highest BCUT2D eigenvalue weighted by molar-refractivity contribution is 5.40. The molecular formula is C12H18FNO. The van der Waals surface area contributed by atoms with E-state index in [0.717, 1.165) is 36.1 Å². The molecule has 0 bridgehead atoms. The molecule has 0 saturated heterocycles. The normalized spacial score (nSPS) is 10.3. The number of methoxy groups -OCH3 is 1. The van der Waals surface area contributed by atoms with E-state index in [4.69, 9.17) is 10.5 Å². The fraction of sp³-hybridized carbons (Fsp3) is 0.500. The predicted octanol–water partition coefficient (Wildman–Crippen LogP) is 2.45. The molecule has 1 rings (SSSR count). The summed E-state index contributed by atoms with van der Waals surface area (Å²) in [6.45, 7) is 0.245. The number of ether oxygens (including phenoxy) is 1. The predicted molar refractivity (Wildman–Crippen MR) is 59.8 cm³/mol. The number of hydrogen-bond acceptors (Lipinski definition) is 2. The molecule has 0 radical (unpaired) electrons. The third-order valence-corrected chi connectivity index (χ3v) is 2.47. The van der Waals surface area contributed by atoms with Crippen LogP contribution >= 0.6 is 0 Å². The number of alkyl halides is 1. The van der Waals surface area contributed by atoms with Crippen LogP contribution in [0.15, 0.2) is 18.2 Å². The molecule has 0 saturated carbocycles. The highest BCUT2D eigenvalue weighted by atomic mass is 19.1. The molecular weight excluding hydrogens is 193 g/mol. The van der Waals surface area contributed by atoms with Crippen LogP contribution in [0.1, 0.15) is 24.0 Å². The van der Waals surface area contributed by atoms with Crippen LogP contribution in [0, 0.1) is 0 Å². The third-order valence-electron chi connectivity index (χ3n) is 2.47. The Kier molecular flexibility index (Phi) is 5.12. The lowest BCUT2D eigenvalue weighted by Gasteiger charge is -2.11. The van der Waals surface area contributed by atoms with Crippen molar-refractivity contribution in [1.82, 2.24) is 0 Å². The minimum absolute atomic E-state index is 0.435. The number of benzene rings is 1. The first-order valence-electron chi connectivity index (χ1n) is 5.24. The number of rotatable bonds is 6. The van der Waals surface area contributed by atoms with Crippen molar-refractivity contribution < 1.29 is 9.13 Å².